The second-order valence-corrected chi connectivity index (χ2v) is 10.1. The number of hydrogen-bond acceptors (Lipinski definition) is 6. The van der Waals surface area contributed by atoms with Crippen molar-refractivity contribution < 1.29 is 27.1 Å². The van der Waals surface area contributed by atoms with Gasteiger partial charge < -0.3 is 14.0 Å². The molecule has 0 saturated heterocycles. The molecule has 0 bridgehead atoms. The van der Waals surface area contributed by atoms with E-state index in [0.29, 0.717) is 16.3 Å². The number of halogens is 1. The SMILES string of the molecule is C#CCn1c(=NC(=O)c2ccc(NS(=O)(=O)c3ccc(F)cc3)cc2)sc2cc(OC)c(OC)cc21. The van der Waals surface area contributed by atoms with Crippen molar-refractivity contribution in [3.8, 4) is 23.8 Å². The van der Waals surface area contributed by atoms with Crippen LogP contribution in [0.1, 0.15) is 10.4 Å². The summed E-state index contributed by atoms with van der Waals surface area (Å²) >= 11 is 1.27. The molecule has 1 aromatic heterocycles. The molecule has 0 radical (unpaired) electrons. The van der Waals surface area contributed by atoms with Gasteiger partial charge in [0.2, 0.25) is 0 Å². The fraction of sp³-hybridized carbons (Fsp3) is 0.120. The van der Waals surface area contributed by atoms with Crippen LogP contribution >= 0.6 is 11.3 Å². The van der Waals surface area contributed by atoms with Crippen molar-refractivity contribution in [3.05, 3.63) is 76.8 Å². The molecule has 1 amide bonds. The van der Waals surface area contributed by atoms with Gasteiger partial charge in [-0.05, 0) is 48.5 Å². The Balaban J connectivity index is 1.64. The van der Waals surface area contributed by atoms with Gasteiger partial charge in [-0.2, -0.15) is 4.99 Å². The number of aromatic nitrogens is 1. The molecular weight excluding hydrogens is 505 g/mol. The van der Waals surface area contributed by atoms with E-state index in [4.69, 9.17) is 15.9 Å². The molecule has 0 aliphatic carbocycles. The second kappa shape index (κ2) is 10.2. The van der Waals surface area contributed by atoms with Crippen LogP contribution in [0.3, 0.4) is 0 Å². The Morgan fingerprint density at radius 2 is 1.72 bits per heavy atom. The molecule has 8 nitrogen and oxygen atoms in total. The molecule has 0 spiro atoms. The lowest BCUT2D eigenvalue weighted by atomic mass is 10.2. The first kappa shape index (κ1) is 25.0. The normalized spacial score (nSPS) is 11.8. The third kappa shape index (κ3) is 5.10. The zero-order chi connectivity index (χ0) is 25.9. The number of rotatable bonds is 7. The lowest BCUT2D eigenvalue weighted by Gasteiger charge is -2.08. The molecule has 0 unspecified atom stereocenters. The highest BCUT2D eigenvalue weighted by Gasteiger charge is 2.16. The van der Waals surface area contributed by atoms with Crippen molar-refractivity contribution >= 4 is 43.2 Å². The maximum absolute atomic E-state index is 13.1. The number of fused-ring (bicyclic) bond motifs is 1. The van der Waals surface area contributed by atoms with Gasteiger partial charge in [-0.1, -0.05) is 17.3 Å². The first-order chi connectivity index (χ1) is 17.2. The number of sulfonamides is 1. The summed E-state index contributed by atoms with van der Waals surface area (Å²) in [5.74, 6) is 2.55. The molecule has 36 heavy (non-hydrogen) atoms. The summed E-state index contributed by atoms with van der Waals surface area (Å²) in [6.07, 6.45) is 5.54. The van der Waals surface area contributed by atoms with Gasteiger partial charge in [-0.15, -0.1) is 6.42 Å². The monoisotopic (exact) mass is 525 g/mol. The summed E-state index contributed by atoms with van der Waals surface area (Å²) < 4.78 is 53.7. The first-order valence-electron chi connectivity index (χ1n) is 10.4. The number of thiazole rings is 1. The number of hydrogen-bond donors (Lipinski definition) is 1. The van der Waals surface area contributed by atoms with Crippen LogP contribution in [0.5, 0.6) is 11.5 Å². The number of ether oxygens (including phenoxy) is 2. The van der Waals surface area contributed by atoms with E-state index >= 15 is 0 Å². The van der Waals surface area contributed by atoms with E-state index in [2.05, 4.69) is 15.6 Å². The van der Waals surface area contributed by atoms with Gasteiger partial charge in [-0.25, -0.2) is 12.8 Å². The number of nitrogens with one attached hydrogen (secondary N) is 1. The molecule has 184 valence electrons. The average Bonchev–Trinajstić information content (AvgIpc) is 3.19. The Morgan fingerprint density at radius 1 is 1.08 bits per heavy atom. The number of nitrogens with zero attached hydrogens (tertiary/aromatic N) is 2. The third-order valence-corrected chi connectivity index (χ3v) is 7.58. The van der Waals surface area contributed by atoms with Crippen molar-refractivity contribution in [2.45, 2.75) is 11.4 Å². The lowest BCUT2D eigenvalue weighted by Crippen LogP contribution is -2.16. The molecule has 1 heterocycles. The molecule has 0 atom stereocenters. The Labute approximate surface area is 210 Å². The minimum Gasteiger partial charge on any atom is -0.493 e. The van der Waals surface area contributed by atoms with Crippen molar-refractivity contribution in [1.82, 2.24) is 4.57 Å². The van der Waals surface area contributed by atoms with Crippen LogP contribution in [0.2, 0.25) is 0 Å². The van der Waals surface area contributed by atoms with E-state index in [1.807, 2.05) is 0 Å². The number of carbonyl (C=O) groups is 1. The van der Waals surface area contributed by atoms with Gasteiger partial charge >= 0.3 is 0 Å². The molecule has 1 N–H and O–H groups in total. The number of methoxy groups -OCH3 is 2. The lowest BCUT2D eigenvalue weighted by molar-refractivity contribution is 0.0998. The zero-order valence-corrected chi connectivity index (χ0v) is 20.8. The van der Waals surface area contributed by atoms with Crippen LogP contribution in [-0.4, -0.2) is 33.1 Å². The molecule has 3 aromatic carbocycles. The largest absolute Gasteiger partial charge is 0.493 e. The number of carbonyl (C=O) groups excluding carboxylic acids is 1. The molecule has 11 heteroatoms. The summed E-state index contributed by atoms with van der Waals surface area (Å²) in [6.45, 7) is 0.186. The molecule has 0 saturated carbocycles. The summed E-state index contributed by atoms with van der Waals surface area (Å²) in [5, 5.41) is 0. The maximum Gasteiger partial charge on any atom is 0.279 e. The molecule has 4 aromatic rings. The van der Waals surface area contributed by atoms with Crippen molar-refractivity contribution in [2.24, 2.45) is 4.99 Å². The Bertz CT molecular complexity index is 1650. The Hall–Kier alpha value is -4.14. The third-order valence-electron chi connectivity index (χ3n) is 5.14. The van der Waals surface area contributed by atoms with Gasteiger partial charge in [0.25, 0.3) is 15.9 Å². The van der Waals surface area contributed by atoms with Crippen molar-refractivity contribution in [1.29, 1.82) is 0 Å². The maximum atomic E-state index is 13.1. The van der Waals surface area contributed by atoms with Gasteiger partial charge in [0.1, 0.15) is 5.82 Å². The molecule has 0 aliphatic rings. The topological polar surface area (TPSA) is 99.0 Å². The van der Waals surface area contributed by atoms with E-state index in [1.54, 1.807) is 16.7 Å². The number of terminal acetylenes is 1. The summed E-state index contributed by atoms with van der Waals surface area (Å²) in [7, 11) is -0.856. The smallest absolute Gasteiger partial charge is 0.279 e. The molecule has 0 fully saturated rings. The highest BCUT2D eigenvalue weighted by Crippen LogP contribution is 2.33. The van der Waals surface area contributed by atoms with E-state index < -0.39 is 21.7 Å². The van der Waals surface area contributed by atoms with E-state index in [9.17, 15) is 17.6 Å². The summed E-state index contributed by atoms with van der Waals surface area (Å²) in [4.78, 5) is 17.4. The van der Waals surface area contributed by atoms with Gasteiger partial charge in [0.15, 0.2) is 16.3 Å². The molecule has 4 rings (SSSR count). The standard InChI is InChI=1S/C25H20FN3O5S2/c1-4-13-29-20-14-21(33-2)22(34-3)15-23(20)35-25(29)27-24(30)16-5-9-18(10-6-16)28-36(31,32)19-11-7-17(26)8-12-19/h1,5-12,14-15,28H,13H2,2-3H3. The van der Waals surface area contributed by atoms with Crippen LogP contribution < -0.4 is 19.0 Å². The Morgan fingerprint density at radius 3 is 2.33 bits per heavy atom. The molecule has 0 aliphatic heterocycles. The van der Waals surface area contributed by atoms with Crippen LogP contribution in [0.15, 0.2) is 70.6 Å². The van der Waals surface area contributed by atoms with Gasteiger partial charge in [0.05, 0.1) is 35.9 Å². The van der Waals surface area contributed by atoms with E-state index in [1.165, 1.54) is 49.8 Å². The van der Waals surface area contributed by atoms with Crippen molar-refractivity contribution in [3.63, 3.8) is 0 Å². The Kier molecular flexibility index (Phi) is 7.10. The summed E-state index contributed by atoms with van der Waals surface area (Å²) in [6, 6.07) is 13.8. The fourth-order valence-corrected chi connectivity index (χ4v) is 5.48. The predicted octanol–water partition coefficient (Wildman–Crippen LogP) is 4.03. The summed E-state index contributed by atoms with van der Waals surface area (Å²) in [5.41, 5.74) is 1.23. The van der Waals surface area contributed by atoms with E-state index in [-0.39, 0.29) is 22.7 Å². The van der Waals surface area contributed by atoms with Crippen molar-refractivity contribution in [2.75, 3.05) is 18.9 Å². The minimum absolute atomic E-state index is 0.0878. The zero-order valence-electron chi connectivity index (χ0n) is 19.2. The van der Waals surface area contributed by atoms with E-state index in [0.717, 1.165) is 34.5 Å². The number of anilines is 1. The molecular formula is C25H20FN3O5S2. The van der Waals surface area contributed by atoms with Gasteiger partial charge in [-0.3, -0.25) is 9.52 Å². The van der Waals surface area contributed by atoms with Gasteiger partial charge in [0, 0.05) is 23.4 Å². The predicted molar refractivity (Wildman–Crippen MR) is 135 cm³/mol. The van der Waals surface area contributed by atoms with Crippen LogP contribution in [-0.2, 0) is 16.6 Å². The second-order valence-electron chi connectivity index (χ2n) is 7.40. The minimum atomic E-state index is -3.92. The first-order valence-corrected chi connectivity index (χ1v) is 12.7. The van der Waals surface area contributed by atoms with Crippen LogP contribution in [0.4, 0.5) is 10.1 Å². The number of amides is 1. The highest BCUT2D eigenvalue weighted by molar-refractivity contribution is 7.92. The number of benzene rings is 3. The average molecular weight is 526 g/mol. The quantitative estimate of drug-likeness (QED) is 0.367. The fourth-order valence-electron chi connectivity index (χ4n) is 3.39. The van der Waals surface area contributed by atoms with Crippen LogP contribution in [0, 0.1) is 18.2 Å². The van der Waals surface area contributed by atoms with Crippen LogP contribution in [0.25, 0.3) is 10.2 Å². The highest BCUT2D eigenvalue weighted by atomic mass is 32.2.